The van der Waals surface area contributed by atoms with Crippen LogP contribution in [0.15, 0.2) is 0 Å². The molecular formula is C29H60NO7P. The Labute approximate surface area is 234 Å². The van der Waals surface area contributed by atoms with Crippen LogP contribution in [0.4, 0.5) is 0 Å². The molecule has 0 saturated carbocycles. The Morgan fingerprint density at radius 3 is 1.74 bits per heavy atom. The van der Waals surface area contributed by atoms with E-state index < -0.39 is 19.9 Å². The van der Waals surface area contributed by atoms with Gasteiger partial charge in [0.2, 0.25) is 0 Å². The topological polar surface area (TPSA) is 83.5 Å². The molecule has 0 aromatic rings. The average Bonchev–Trinajstić information content (AvgIpc) is 2.89. The highest BCUT2D eigenvalue weighted by atomic mass is 31.2. The first-order valence-electron chi connectivity index (χ1n) is 15.2. The van der Waals surface area contributed by atoms with Gasteiger partial charge in [-0.3, -0.25) is 18.4 Å². The average molecular weight is 566 g/mol. The molecule has 0 aliphatic carbocycles. The van der Waals surface area contributed by atoms with E-state index in [1.807, 2.05) is 7.05 Å². The van der Waals surface area contributed by atoms with Gasteiger partial charge in [0.15, 0.2) is 0 Å². The van der Waals surface area contributed by atoms with Gasteiger partial charge in [-0.25, -0.2) is 4.57 Å². The summed E-state index contributed by atoms with van der Waals surface area (Å²) in [6.07, 6.45) is 19.9. The molecule has 38 heavy (non-hydrogen) atoms. The number of rotatable bonds is 29. The summed E-state index contributed by atoms with van der Waals surface area (Å²) in [5, 5.41) is 0. The van der Waals surface area contributed by atoms with E-state index in [9.17, 15) is 9.36 Å². The standard InChI is InChI=1S/C29H60NO7P/c1-6-8-10-11-12-13-14-15-16-17-18-19-20-21-24-34-26-29(37-28(3)31)27-36-38(32,33-5)35-25-23-30(4)22-9-7-2/h29H,6-27H2,1-5H3. The van der Waals surface area contributed by atoms with Gasteiger partial charge in [-0.05, 0) is 26.4 Å². The maximum Gasteiger partial charge on any atom is 0.474 e. The van der Waals surface area contributed by atoms with Crippen LogP contribution in [0, 0.1) is 0 Å². The summed E-state index contributed by atoms with van der Waals surface area (Å²) < 4.78 is 39.5. The van der Waals surface area contributed by atoms with Crippen LogP contribution in [0.5, 0.6) is 0 Å². The van der Waals surface area contributed by atoms with Crippen LogP contribution in [0.25, 0.3) is 0 Å². The van der Waals surface area contributed by atoms with Gasteiger partial charge in [0.25, 0.3) is 0 Å². The normalized spacial score (nSPS) is 14.1. The van der Waals surface area contributed by atoms with Crippen molar-refractivity contribution in [2.75, 3.05) is 53.7 Å². The second-order valence-corrected chi connectivity index (χ2v) is 12.1. The van der Waals surface area contributed by atoms with Gasteiger partial charge in [0.1, 0.15) is 6.10 Å². The Bertz CT molecular complexity index is 579. The minimum Gasteiger partial charge on any atom is -0.458 e. The first-order valence-corrected chi connectivity index (χ1v) is 16.7. The molecule has 0 aromatic heterocycles. The van der Waals surface area contributed by atoms with Gasteiger partial charge >= 0.3 is 13.8 Å². The minimum absolute atomic E-state index is 0.116. The van der Waals surface area contributed by atoms with Crippen LogP contribution in [0.2, 0.25) is 0 Å². The number of carbonyl (C=O) groups excluding carboxylic acids is 1. The number of unbranched alkanes of at least 4 members (excludes halogenated alkanes) is 14. The summed E-state index contributed by atoms with van der Waals surface area (Å²) in [5.41, 5.74) is 0. The molecule has 2 atom stereocenters. The molecule has 0 aliphatic heterocycles. The molecule has 8 nitrogen and oxygen atoms in total. The summed E-state index contributed by atoms with van der Waals surface area (Å²) in [6, 6.07) is 0. The fraction of sp³-hybridized carbons (Fsp3) is 0.966. The summed E-state index contributed by atoms with van der Waals surface area (Å²) in [4.78, 5) is 13.6. The number of phosphoric ester groups is 1. The molecule has 0 aromatic carbocycles. The van der Waals surface area contributed by atoms with Gasteiger partial charge in [-0.15, -0.1) is 0 Å². The van der Waals surface area contributed by atoms with Crippen molar-refractivity contribution in [3.05, 3.63) is 0 Å². The highest BCUT2D eigenvalue weighted by Crippen LogP contribution is 2.48. The van der Waals surface area contributed by atoms with E-state index in [2.05, 4.69) is 18.7 Å². The lowest BCUT2D eigenvalue weighted by Crippen LogP contribution is -2.28. The molecule has 9 heteroatoms. The van der Waals surface area contributed by atoms with Gasteiger partial charge < -0.3 is 14.4 Å². The van der Waals surface area contributed by atoms with E-state index in [0.29, 0.717) is 13.2 Å². The third-order valence-corrected chi connectivity index (χ3v) is 7.95. The van der Waals surface area contributed by atoms with E-state index in [0.717, 1.165) is 32.2 Å². The molecule has 228 valence electrons. The molecule has 0 fully saturated rings. The van der Waals surface area contributed by atoms with Gasteiger partial charge in [-0.2, -0.15) is 0 Å². The predicted molar refractivity (Wildman–Crippen MR) is 156 cm³/mol. The Hall–Kier alpha value is -0.500. The molecule has 0 rings (SSSR count). The zero-order chi connectivity index (χ0) is 28.3. The fourth-order valence-corrected chi connectivity index (χ4v) is 5.07. The number of nitrogens with zero attached hydrogens (tertiary/aromatic N) is 1. The van der Waals surface area contributed by atoms with Crippen molar-refractivity contribution in [2.45, 2.75) is 130 Å². The minimum atomic E-state index is -3.73. The molecule has 0 bridgehead atoms. The lowest BCUT2D eigenvalue weighted by atomic mass is 10.0. The Balaban J connectivity index is 3.93. The molecule has 0 spiro atoms. The molecule has 0 radical (unpaired) electrons. The molecule has 0 heterocycles. The van der Waals surface area contributed by atoms with Crippen LogP contribution in [0.1, 0.15) is 124 Å². The molecule has 0 aliphatic rings. The van der Waals surface area contributed by atoms with E-state index in [1.165, 1.54) is 91.1 Å². The third-order valence-electron chi connectivity index (χ3n) is 6.54. The van der Waals surface area contributed by atoms with Crippen molar-refractivity contribution in [3.8, 4) is 0 Å². The molecule has 0 amide bonds. The number of carbonyl (C=O) groups is 1. The van der Waals surface area contributed by atoms with Crippen LogP contribution < -0.4 is 0 Å². The summed E-state index contributed by atoms with van der Waals surface area (Å²) >= 11 is 0. The lowest BCUT2D eigenvalue weighted by molar-refractivity contribution is -0.151. The fourth-order valence-electron chi connectivity index (χ4n) is 4.13. The highest BCUT2D eigenvalue weighted by Gasteiger charge is 2.27. The number of hydrogen-bond acceptors (Lipinski definition) is 8. The van der Waals surface area contributed by atoms with E-state index in [-0.39, 0.29) is 19.8 Å². The zero-order valence-corrected chi connectivity index (χ0v) is 26.3. The van der Waals surface area contributed by atoms with Crippen LogP contribution in [-0.4, -0.2) is 70.6 Å². The van der Waals surface area contributed by atoms with Crippen molar-refractivity contribution in [1.82, 2.24) is 4.90 Å². The number of likely N-dealkylation sites (N-methyl/N-ethyl adjacent to an activating group) is 1. The summed E-state index contributed by atoms with van der Waals surface area (Å²) in [5.74, 6) is -0.440. The largest absolute Gasteiger partial charge is 0.474 e. The Morgan fingerprint density at radius 2 is 1.24 bits per heavy atom. The SMILES string of the molecule is CCCCCCCCCCCCCCCCOCC(COP(=O)(OC)OCCN(C)CCCC)OC(C)=O. The van der Waals surface area contributed by atoms with Crippen LogP contribution in [0.3, 0.4) is 0 Å². The van der Waals surface area contributed by atoms with Crippen molar-refractivity contribution < 1.29 is 32.4 Å². The van der Waals surface area contributed by atoms with Crippen molar-refractivity contribution >= 4 is 13.8 Å². The monoisotopic (exact) mass is 565 g/mol. The molecular weight excluding hydrogens is 505 g/mol. The number of phosphoric acid groups is 1. The summed E-state index contributed by atoms with van der Waals surface area (Å²) in [7, 11) is -0.453. The summed E-state index contributed by atoms with van der Waals surface area (Å²) in [6.45, 7) is 8.19. The van der Waals surface area contributed by atoms with Crippen LogP contribution in [-0.2, 0) is 32.4 Å². The predicted octanol–water partition coefficient (Wildman–Crippen LogP) is 7.94. The second kappa shape index (κ2) is 26.7. The van der Waals surface area contributed by atoms with E-state index in [1.54, 1.807) is 0 Å². The second-order valence-electron chi connectivity index (χ2n) is 10.3. The maximum atomic E-state index is 12.7. The third kappa shape index (κ3) is 24.5. The van der Waals surface area contributed by atoms with Crippen molar-refractivity contribution in [1.29, 1.82) is 0 Å². The van der Waals surface area contributed by atoms with Gasteiger partial charge in [0, 0.05) is 27.2 Å². The molecule has 0 saturated heterocycles. The molecule has 2 unspecified atom stereocenters. The zero-order valence-electron chi connectivity index (χ0n) is 25.4. The smallest absolute Gasteiger partial charge is 0.458 e. The number of ether oxygens (including phenoxy) is 2. The van der Waals surface area contributed by atoms with Crippen LogP contribution >= 0.6 is 7.82 Å². The Kier molecular flexibility index (Phi) is 26.4. The van der Waals surface area contributed by atoms with E-state index >= 15 is 0 Å². The van der Waals surface area contributed by atoms with E-state index in [4.69, 9.17) is 23.0 Å². The quantitative estimate of drug-likeness (QED) is 0.0513. The highest BCUT2D eigenvalue weighted by molar-refractivity contribution is 7.48. The number of hydrogen-bond donors (Lipinski definition) is 0. The first kappa shape index (κ1) is 37.5. The maximum absolute atomic E-state index is 12.7. The number of esters is 1. The first-order chi connectivity index (χ1) is 18.4. The molecule has 0 N–H and O–H groups in total. The lowest BCUT2D eigenvalue weighted by Gasteiger charge is -2.22. The van der Waals surface area contributed by atoms with Gasteiger partial charge in [0.05, 0.1) is 19.8 Å². The van der Waals surface area contributed by atoms with Gasteiger partial charge in [-0.1, -0.05) is 104 Å². The van der Waals surface area contributed by atoms with Crippen molar-refractivity contribution in [3.63, 3.8) is 0 Å². The Morgan fingerprint density at radius 1 is 0.711 bits per heavy atom. The van der Waals surface area contributed by atoms with Crippen molar-refractivity contribution in [2.24, 2.45) is 0 Å².